The van der Waals surface area contributed by atoms with Gasteiger partial charge in [-0.1, -0.05) is 38.1 Å². The maximum atomic E-state index is 5.28. The van der Waals surface area contributed by atoms with Crippen LogP contribution in [0.4, 0.5) is 0 Å². The van der Waals surface area contributed by atoms with E-state index in [1.165, 1.54) is 29.2 Å². The second kappa shape index (κ2) is 6.95. The number of aryl methyl sites for hydroxylation is 1. The van der Waals surface area contributed by atoms with Crippen LogP contribution in [0, 0.1) is 5.41 Å². The maximum absolute atomic E-state index is 5.28. The van der Waals surface area contributed by atoms with Crippen LogP contribution in [0.1, 0.15) is 32.3 Å². The quantitative estimate of drug-likeness (QED) is 0.813. The fourth-order valence-corrected chi connectivity index (χ4v) is 2.63. The van der Waals surface area contributed by atoms with Crippen LogP contribution >= 0.6 is 0 Å². The third kappa shape index (κ3) is 4.47. The first-order valence-electron chi connectivity index (χ1n) is 7.75. The van der Waals surface area contributed by atoms with Gasteiger partial charge in [0.15, 0.2) is 0 Å². The van der Waals surface area contributed by atoms with E-state index in [2.05, 4.69) is 49.5 Å². The molecule has 2 aromatic rings. The number of rotatable bonds is 7. The summed E-state index contributed by atoms with van der Waals surface area (Å²) in [7, 11) is 3.73. The van der Waals surface area contributed by atoms with Gasteiger partial charge in [-0.05, 0) is 66.7 Å². The monoisotopic (exact) mass is 285 g/mol. The Labute approximate surface area is 128 Å². The van der Waals surface area contributed by atoms with Crippen LogP contribution in [0.3, 0.4) is 0 Å². The summed E-state index contributed by atoms with van der Waals surface area (Å²) in [5.41, 5.74) is 1.81. The van der Waals surface area contributed by atoms with Crippen LogP contribution in [0.2, 0.25) is 0 Å². The van der Waals surface area contributed by atoms with Crippen molar-refractivity contribution in [3.8, 4) is 5.75 Å². The lowest BCUT2D eigenvalue weighted by molar-refractivity contribution is 0.306. The molecule has 0 saturated carbocycles. The Balaban J connectivity index is 2.06. The number of benzene rings is 2. The largest absolute Gasteiger partial charge is 0.497 e. The second-order valence-corrected chi connectivity index (χ2v) is 6.57. The molecule has 0 aliphatic heterocycles. The molecule has 1 N–H and O–H groups in total. The van der Waals surface area contributed by atoms with Gasteiger partial charge in [-0.3, -0.25) is 0 Å². The third-order valence-electron chi connectivity index (χ3n) is 4.25. The molecular weight excluding hydrogens is 258 g/mol. The van der Waals surface area contributed by atoms with Crippen molar-refractivity contribution in [3.05, 3.63) is 42.0 Å². The topological polar surface area (TPSA) is 21.3 Å². The lowest BCUT2D eigenvalue weighted by Crippen LogP contribution is -2.20. The van der Waals surface area contributed by atoms with E-state index in [9.17, 15) is 0 Å². The highest BCUT2D eigenvalue weighted by atomic mass is 16.5. The van der Waals surface area contributed by atoms with Gasteiger partial charge in [0.2, 0.25) is 0 Å². The van der Waals surface area contributed by atoms with E-state index < -0.39 is 0 Å². The summed E-state index contributed by atoms with van der Waals surface area (Å²) in [4.78, 5) is 0. The van der Waals surface area contributed by atoms with E-state index in [0.717, 1.165) is 18.7 Å². The SMILES string of the molecule is CNCCC(C)(C)CCc1ccc2cc(OC)ccc2c1. The Morgan fingerprint density at radius 2 is 1.71 bits per heavy atom. The van der Waals surface area contributed by atoms with Gasteiger partial charge in [-0.2, -0.15) is 0 Å². The average Bonchev–Trinajstić information content (AvgIpc) is 2.50. The van der Waals surface area contributed by atoms with E-state index in [4.69, 9.17) is 4.74 Å². The van der Waals surface area contributed by atoms with Crippen LogP contribution in [0.5, 0.6) is 5.75 Å². The summed E-state index contributed by atoms with van der Waals surface area (Å²) in [6, 6.07) is 13.0. The summed E-state index contributed by atoms with van der Waals surface area (Å²) in [6.07, 6.45) is 3.57. The molecule has 0 saturated heterocycles. The molecule has 0 radical (unpaired) electrons. The van der Waals surface area contributed by atoms with Crippen molar-refractivity contribution in [1.82, 2.24) is 5.32 Å². The average molecular weight is 285 g/mol. The first kappa shape index (κ1) is 15.8. The number of nitrogens with one attached hydrogen (secondary N) is 1. The Hall–Kier alpha value is -1.54. The third-order valence-corrected chi connectivity index (χ3v) is 4.25. The summed E-state index contributed by atoms with van der Waals surface area (Å²) >= 11 is 0. The number of hydrogen-bond acceptors (Lipinski definition) is 2. The van der Waals surface area contributed by atoms with E-state index in [-0.39, 0.29) is 0 Å². The molecule has 0 unspecified atom stereocenters. The first-order chi connectivity index (χ1) is 10.0. The molecule has 2 heteroatoms. The Bertz CT molecular complexity index is 589. The van der Waals surface area contributed by atoms with Crippen molar-refractivity contribution < 1.29 is 4.74 Å². The first-order valence-corrected chi connectivity index (χ1v) is 7.75. The highest BCUT2D eigenvalue weighted by molar-refractivity contribution is 5.84. The minimum Gasteiger partial charge on any atom is -0.497 e. The van der Waals surface area contributed by atoms with Crippen LogP contribution in [0.15, 0.2) is 36.4 Å². The van der Waals surface area contributed by atoms with E-state index in [1.807, 2.05) is 13.1 Å². The maximum Gasteiger partial charge on any atom is 0.119 e. The lowest BCUT2D eigenvalue weighted by atomic mass is 9.83. The van der Waals surface area contributed by atoms with Gasteiger partial charge in [-0.25, -0.2) is 0 Å². The van der Waals surface area contributed by atoms with E-state index >= 15 is 0 Å². The summed E-state index contributed by atoms with van der Waals surface area (Å²) in [5.74, 6) is 0.920. The van der Waals surface area contributed by atoms with Crippen molar-refractivity contribution in [2.45, 2.75) is 33.1 Å². The fraction of sp³-hybridized carbons (Fsp3) is 0.474. The highest BCUT2D eigenvalue weighted by Crippen LogP contribution is 2.28. The highest BCUT2D eigenvalue weighted by Gasteiger charge is 2.16. The minimum atomic E-state index is 0.387. The molecule has 21 heavy (non-hydrogen) atoms. The van der Waals surface area contributed by atoms with Gasteiger partial charge in [0.1, 0.15) is 5.75 Å². The van der Waals surface area contributed by atoms with Crippen molar-refractivity contribution in [2.24, 2.45) is 5.41 Å². The molecular formula is C19H27NO. The Morgan fingerprint density at radius 3 is 2.43 bits per heavy atom. The van der Waals surface area contributed by atoms with E-state index in [1.54, 1.807) is 7.11 Å². The normalized spacial score (nSPS) is 11.8. The smallest absolute Gasteiger partial charge is 0.119 e. The van der Waals surface area contributed by atoms with Crippen LogP contribution in [-0.4, -0.2) is 20.7 Å². The molecule has 2 rings (SSSR count). The van der Waals surface area contributed by atoms with Crippen LogP contribution < -0.4 is 10.1 Å². The summed E-state index contributed by atoms with van der Waals surface area (Å²) in [5, 5.41) is 5.78. The van der Waals surface area contributed by atoms with Gasteiger partial charge in [0.05, 0.1) is 7.11 Å². The molecule has 0 spiro atoms. The minimum absolute atomic E-state index is 0.387. The van der Waals surface area contributed by atoms with Crippen LogP contribution in [0.25, 0.3) is 10.8 Å². The zero-order valence-corrected chi connectivity index (χ0v) is 13.7. The molecule has 0 aromatic heterocycles. The zero-order chi connectivity index (χ0) is 15.3. The van der Waals surface area contributed by atoms with Crippen LogP contribution in [-0.2, 0) is 6.42 Å². The fourth-order valence-electron chi connectivity index (χ4n) is 2.63. The number of fused-ring (bicyclic) bond motifs is 1. The predicted molar refractivity (Wildman–Crippen MR) is 91.1 cm³/mol. The number of ether oxygens (including phenoxy) is 1. The molecule has 2 aromatic carbocycles. The molecule has 0 aliphatic rings. The Morgan fingerprint density at radius 1 is 1.00 bits per heavy atom. The van der Waals surface area contributed by atoms with Crippen molar-refractivity contribution >= 4 is 10.8 Å². The molecule has 114 valence electrons. The second-order valence-electron chi connectivity index (χ2n) is 6.57. The summed E-state index contributed by atoms with van der Waals surface area (Å²) < 4.78 is 5.28. The zero-order valence-electron chi connectivity index (χ0n) is 13.7. The molecule has 0 amide bonds. The molecule has 0 aliphatic carbocycles. The Kier molecular flexibility index (Phi) is 5.24. The predicted octanol–water partition coefficient (Wildman–Crippen LogP) is 4.42. The molecule has 0 fully saturated rings. The van der Waals surface area contributed by atoms with Gasteiger partial charge < -0.3 is 10.1 Å². The van der Waals surface area contributed by atoms with Gasteiger partial charge in [0.25, 0.3) is 0 Å². The lowest BCUT2D eigenvalue weighted by Gasteiger charge is -2.24. The van der Waals surface area contributed by atoms with Gasteiger partial charge >= 0.3 is 0 Å². The number of methoxy groups -OCH3 is 1. The van der Waals surface area contributed by atoms with Gasteiger partial charge in [0, 0.05) is 0 Å². The van der Waals surface area contributed by atoms with Gasteiger partial charge in [-0.15, -0.1) is 0 Å². The molecule has 0 bridgehead atoms. The van der Waals surface area contributed by atoms with Crippen molar-refractivity contribution in [3.63, 3.8) is 0 Å². The van der Waals surface area contributed by atoms with E-state index in [0.29, 0.717) is 5.41 Å². The molecule has 2 nitrogen and oxygen atoms in total. The number of hydrogen-bond donors (Lipinski definition) is 1. The standard InChI is InChI=1S/C19H27NO/c1-19(2,11-12-20-3)10-9-15-5-6-17-14-18(21-4)8-7-16(17)13-15/h5-8,13-14,20H,9-12H2,1-4H3. The van der Waals surface area contributed by atoms with Crippen molar-refractivity contribution in [2.75, 3.05) is 20.7 Å². The van der Waals surface area contributed by atoms with Crippen molar-refractivity contribution in [1.29, 1.82) is 0 Å². The summed E-state index contributed by atoms with van der Waals surface area (Å²) in [6.45, 7) is 5.80. The molecule has 0 heterocycles. The molecule has 0 atom stereocenters.